The molecule has 148 valence electrons. The van der Waals surface area contributed by atoms with Gasteiger partial charge in [0.25, 0.3) is 0 Å². The second kappa shape index (κ2) is 8.50. The van der Waals surface area contributed by atoms with Crippen LogP contribution in [-0.4, -0.2) is 73.7 Å². The number of nitrogens with zero attached hydrogens (tertiary/aromatic N) is 7. The Morgan fingerprint density at radius 1 is 1.11 bits per heavy atom. The van der Waals surface area contributed by atoms with Crippen molar-refractivity contribution in [2.75, 3.05) is 39.4 Å². The van der Waals surface area contributed by atoms with E-state index in [-0.39, 0.29) is 0 Å². The fourth-order valence-corrected chi connectivity index (χ4v) is 4.16. The number of rotatable bonds is 6. The van der Waals surface area contributed by atoms with Gasteiger partial charge in [0.05, 0.1) is 26.0 Å². The lowest BCUT2D eigenvalue weighted by atomic mass is 9.97. The Labute approximate surface area is 161 Å². The van der Waals surface area contributed by atoms with Crippen LogP contribution in [0.4, 0.5) is 0 Å². The van der Waals surface area contributed by atoms with Crippen LogP contribution in [0.5, 0.6) is 0 Å². The van der Waals surface area contributed by atoms with Gasteiger partial charge in [0.15, 0.2) is 0 Å². The van der Waals surface area contributed by atoms with Gasteiger partial charge in [-0.05, 0) is 26.3 Å². The van der Waals surface area contributed by atoms with Crippen molar-refractivity contribution in [2.45, 2.75) is 45.3 Å². The summed E-state index contributed by atoms with van der Waals surface area (Å²) in [6.45, 7) is 10.6. The van der Waals surface area contributed by atoms with Gasteiger partial charge in [-0.25, -0.2) is 0 Å². The second-order valence-electron chi connectivity index (χ2n) is 7.70. The summed E-state index contributed by atoms with van der Waals surface area (Å²) in [5.74, 6) is 2.65. The van der Waals surface area contributed by atoms with Gasteiger partial charge < -0.3 is 9.30 Å². The number of morpholine rings is 1. The van der Waals surface area contributed by atoms with E-state index >= 15 is 0 Å². The van der Waals surface area contributed by atoms with E-state index in [0.717, 1.165) is 70.7 Å². The molecule has 0 saturated carbocycles. The summed E-state index contributed by atoms with van der Waals surface area (Å²) in [4.78, 5) is 4.93. The molecule has 1 unspecified atom stereocenters. The number of ether oxygens (including phenoxy) is 1. The zero-order valence-electron chi connectivity index (χ0n) is 16.5. The lowest BCUT2D eigenvalue weighted by Gasteiger charge is -2.32. The molecule has 0 bridgehead atoms. The van der Waals surface area contributed by atoms with Crippen molar-refractivity contribution >= 4 is 0 Å². The number of piperidine rings is 1. The Morgan fingerprint density at radius 2 is 1.96 bits per heavy atom. The summed E-state index contributed by atoms with van der Waals surface area (Å²) in [6, 6.07) is 0. The van der Waals surface area contributed by atoms with E-state index in [1.54, 1.807) is 0 Å². The highest BCUT2D eigenvalue weighted by molar-refractivity contribution is 5.07. The fourth-order valence-electron chi connectivity index (χ4n) is 4.16. The molecule has 8 heteroatoms. The minimum absolute atomic E-state index is 0.455. The third kappa shape index (κ3) is 4.39. The van der Waals surface area contributed by atoms with Gasteiger partial charge in [-0.2, -0.15) is 5.10 Å². The van der Waals surface area contributed by atoms with E-state index in [2.05, 4.69) is 49.8 Å². The quantitative estimate of drug-likeness (QED) is 0.759. The molecule has 0 amide bonds. The maximum absolute atomic E-state index is 5.44. The molecule has 2 aliphatic heterocycles. The van der Waals surface area contributed by atoms with E-state index in [1.165, 1.54) is 18.4 Å². The zero-order valence-corrected chi connectivity index (χ0v) is 16.5. The topological polar surface area (TPSA) is 64.2 Å². The molecule has 4 rings (SSSR count). The molecule has 8 nitrogen and oxygen atoms in total. The van der Waals surface area contributed by atoms with Gasteiger partial charge in [0.1, 0.15) is 11.6 Å². The van der Waals surface area contributed by atoms with Crippen LogP contribution < -0.4 is 0 Å². The van der Waals surface area contributed by atoms with Crippen LogP contribution in [0.3, 0.4) is 0 Å². The SMILES string of the molecule is CCn1cc(CN2CCCC(c3nnc(CN4CCOCC4)n3C)C2)cn1. The van der Waals surface area contributed by atoms with Crippen molar-refractivity contribution in [3.63, 3.8) is 0 Å². The summed E-state index contributed by atoms with van der Waals surface area (Å²) in [5, 5.41) is 13.5. The predicted octanol–water partition coefficient (Wildman–Crippen LogP) is 1.24. The van der Waals surface area contributed by atoms with Crippen molar-refractivity contribution in [1.82, 2.24) is 34.3 Å². The van der Waals surface area contributed by atoms with Crippen LogP contribution in [0.15, 0.2) is 12.4 Å². The molecular weight excluding hydrogens is 342 g/mol. The minimum atomic E-state index is 0.455. The summed E-state index contributed by atoms with van der Waals surface area (Å²) < 4.78 is 9.66. The Morgan fingerprint density at radius 3 is 2.74 bits per heavy atom. The van der Waals surface area contributed by atoms with E-state index < -0.39 is 0 Å². The molecule has 2 saturated heterocycles. The molecule has 0 aliphatic carbocycles. The summed E-state index contributed by atoms with van der Waals surface area (Å²) in [5.41, 5.74) is 1.29. The van der Waals surface area contributed by atoms with Gasteiger partial charge >= 0.3 is 0 Å². The average Bonchev–Trinajstić information content (AvgIpc) is 3.30. The lowest BCUT2D eigenvalue weighted by molar-refractivity contribution is 0.0326. The second-order valence-corrected chi connectivity index (χ2v) is 7.70. The Balaban J connectivity index is 1.39. The number of hydrogen-bond acceptors (Lipinski definition) is 6. The van der Waals surface area contributed by atoms with E-state index in [4.69, 9.17) is 4.74 Å². The number of hydrogen-bond donors (Lipinski definition) is 0. The van der Waals surface area contributed by atoms with Crippen LogP contribution in [0.1, 0.15) is 42.9 Å². The van der Waals surface area contributed by atoms with Crippen molar-refractivity contribution in [3.8, 4) is 0 Å². The third-order valence-corrected chi connectivity index (χ3v) is 5.75. The fraction of sp³-hybridized carbons (Fsp3) is 0.737. The highest BCUT2D eigenvalue weighted by atomic mass is 16.5. The molecule has 4 heterocycles. The molecule has 2 fully saturated rings. The first kappa shape index (κ1) is 18.6. The van der Waals surface area contributed by atoms with Crippen LogP contribution in [0, 0.1) is 0 Å². The minimum Gasteiger partial charge on any atom is -0.379 e. The summed E-state index contributed by atoms with van der Waals surface area (Å²) in [7, 11) is 2.12. The van der Waals surface area contributed by atoms with Crippen molar-refractivity contribution < 1.29 is 4.74 Å². The molecule has 27 heavy (non-hydrogen) atoms. The van der Waals surface area contributed by atoms with Crippen molar-refractivity contribution in [1.29, 1.82) is 0 Å². The van der Waals surface area contributed by atoms with E-state index in [9.17, 15) is 0 Å². The monoisotopic (exact) mass is 373 g/mol. The first-order valence-corrected chi connectivity index (χ1v) is 10.1. The number of likely N-dealkylation sites (tertiary alicyclic amines) is 1. The Hall–Kier alpha value is -1.77. The molecule has 2 aromatic heterocycles. The van der Waals surface area contributed by atoms with Crippen LogP contribution >= 0.6 is 0 Å². The van der Waals surface area contributed by atoms with E-state index in [0.29, 0.717) is 5.92 Å². The molecule has 0 N–H and O–H groups in total. The Kier molecular flexibility index (Phi) is 5.85. The third-order valence-electron chi connectivity index (χ3n) is 5.75. The van der Waals surface area contributed by atoms with Crippen molar-refractivity contribution in [2.24, 2.45) is 7.05 Å². The maximum atomic E-state index is 5.44. The number of aromatic nitrogens is 5. The summed E-state index contributed by atoms with van der Waals surface area (Å²) >= 11 is 0. The normalized spacial score (nSPS) is 22.4. The van der Waals surface area contributed by atoms with Gasteiger partial charge in [0, 0.05) is 57.4 Å². The van der Waals surface area contributed by atoms with Crippen molar-refractivity contribution in [3.05, 3.63) is 29.6 Å². The van der Waals surface area contributed by atoms with Gasteiger partial charge in [-0.3, -0.25) is 14.5 Å². The highest BCUT2D eigenvalue weighted by Crippen LogP contribution is 2.27. The molecule has 0 radical (unpaired) electrons. The van der Waals surface area contributed by atoms with Gasteiger partial charge in [-0.15, -0.1) is 10.2 Å². The standard InChI is InChI=1S/C19H31N7O/c1-3-26-13-16(11-20-26)12-25-6-4-5-17(14-25)19-22-21-18(23(19)2)15-24-7-9-27-10-8-24/h11,13,17H,3-10,12,14-15H2,1-2H3. The molecular formula is C19H31N7O. The van der Waals surface area contributed by atoms with Gasteiger partial charge in [-0.1, -0.05) is 0 Å². The van der Waals surface area contributed by atoms with E-state index in [1.807, 2.05) is 10.9 Å². The molecule has 2 aromatic rings. The van der Waals surface area contributed by atoms with Crippen LogP contribution in [0.25, 0.3) is 0 Å². The molecule has 0 spiro atoms. The van der Waals surface area contributed by atoms with Crippen LogP contribution in [0.2, 0.25) is 0 Å². The van der Waals surface area contributed by atoms with Gasteiger partial charge in [0.2, 0.25) is 0 Å². The molecule has 1 atom stereocenters. The molecule has 2 aliphatic rings. The lowest BCUT2D eigenvalue weighted by Crippen LogP contribution is -2.36. The zero-order chi connectivity index (χ0) is 18.6. The summed E-state index contributed by atoms with van der Waals surface area (Å²) in [6.07, 6.45) is 6.55. The van der Waals surface area contributed by atoms with Crippen LogP contribution in [-0.2, 0) is 31.4 Å². The smallest absolute Gasteiger partial charge is 0.146 e. The largest absolute Gasteiger partial charge is 0.379 e. The predicted molar refractivity (Wildman–Crippen MR) is 102 cm³/mol. The highest BCUT2D eigenvalue weighted by Gasteiger charge is 2.26. The molecule has 0 aromatic carbocycles. The maximum Gasteiger partial charge on any atom is 0.146 e. The average molecular weight is 374 g/mol. The Bertz CT molecular complexity index is 734. The first-order valence-electron chi connectivity index (χ1n) is 10.1. The first-order chi connectivity index (χ1) is 13.2. The number of aryl methyl sites for hydroxylation is 1.